The van der Waals surface area contributed by atoms with E-state index in [1.807, 2.05) is 12.3 Å². The Hall–Kier alpha value is -3.23. The van der Waals surface area contributed by atoms with Gasteiger partial charge in [-0.1, -0.05) is 0 Å². The predicted octanol–water partition coefficient (Wildman–Crippen LogP) is 1.86. The highest BCUT2D eigenvalue weighted by Gasteiger charge is 2.58. The third-order valence-electron chi connectivity index (χ3n) is 5.67. The summed E-state index contributed by atoms with van der Waals surface area (Å²) in [6.07, 6.45) is 1.34. The molecule has 0 spiro atoms. The van der Waals surface area contributed by atoms with Crippen LogP contribution in [0, 0.1) is 17.7 Å². The number of carbonyl (C=O) groups is 3. The highest BCUT2D eigenvalue weighted by atomic mass is 19.1. The second-order valence-electron chi connectivity index (χ2n) is 7.36. The van der Waals surface area contributed by atoms with Crippen LogP contribution in [-0.4, -0.2) is 50.7 Å². The second-order valence-corrected chi connectivity index (χ2v) is 7.36. The number of hydrogen-bond acceptors (Lipinski definition) is 5. The molecule has 9 heteroatoms. The van der Waals surface area contributed by atoms with Gasteiger partial charge in [0.2, 0.25) is 0 Å². The van der Waals surface area contributed by atoms with Gasteiger partial charge in [0.15, 0.2) is 0 Å². The molecule has 3 amide bonds. The Morgan fingerprint density at radius 3 is 2.32 bits per heavy atom. The van der Waals surface area contributed by atoms with Crippen molar-refractivity contribution in [2.45, 2.75) is 18.8 Å². The van der Waals surface area contributed by atoms with E-state index in [1.165, 1.54) is 17.0 Å². The first kappa shape index (κ1) is 16.9. The molecule has 2 saturated heterocycles. The number of carbonyl (C=O) groups excluding carboxylic acids is 3. The summed E-state index contributed by atoms with van der Waals surface area (Å²) < 4.78 is 14.8. The van der Waals surface area contributed by atoms with Crippen molar-refractivity contribution in [1.82, 2.24) is 19.7 Å². The monoisotopic (exact) mass is 384 g/mol. The number of rotatable bonds is 3. The maximum atomic E-state index is 13.1. The number of amides is 3. The van der Waals surface area contributed by atoms with Gasteiger partial charge in [-0.3, -0.25) is 9.59 Å². The molecule has 1 aromatic carbocycles. The van der Waals surface area contributed by atoms with Gasteiger partial charge in [-0.2, -0.15) is 5.10 Å². The zero-order valence-electron chi connectivity index (χ0n) is 14.8. The lowest BCUT2D eigenvalue weighted by atomic mass is 10.2. The molecule has 1 saturated carbocycles. The molecule has 0 bridgehead atoms. The summed E-state index contributed by atoms with van der Waals surface area (Å²) >= 11 is 0. The number of hydroxylamine groups is 2. The molecule has 3 heterocycles. The SMILES string of the molecule is O=C(ON1C(=O)CCC1=O)N1CC2C(C1)C2c1ccn(-c2ccc(F)cc2)n1. The molecule has 8 nitrogen and oxygen atoms in total. The van der Waals surface area contributed by atoms with E-state index < -0.39 is 17.9 Å². The minimum absolute atomic E-state index is 0.0795. The van der Waals surface area contributed by atoms with E-state index in [4.69, 9.17) is 4.84 Å². The first-order valence-corrected chi connectivity index (χ1v) is 9.15. The second kappa shape index (κ2) is 6.15. The zero-order valence-corrected chi connectivity index (χ0v) is 14.8. The first-order valence-electron chi connectivity index (χ1n) is 9.15. The van der Waals surface area contributed by atoms with Crippen LogP contribution in [0.2, 0.25) is 0 Å². The van der Waals surface area contributed by atoms with Crippen molar-refractivity contribution in [2.24, 2.45) is 11.8 Å². The molecule has 3 fully saturated rings. The molecule has 5 rings (SSSR count). The number of fused-ring (bicyclic) bond motifs is 1. The van der Waals surface area contributed by atoms with Crippen LogP contribution in [0.3, 0.4) is 0 Å². The molecule has 2 atom stereocenters. The maximum absolute atomic E-state index is 13.1. The van der Waals surface area contributed by atoms with Gasteiger partial charge >= 0.3 is 6.09 Å². The van der Waals surface area contributed by atoms with Crippen molar-refractivity contribution >= 4 is 17.9 Å². The van der Waals surface area contributed by atoms with Gasteiger partial charge in [-0.15, -0.1) is 5.06 Å². The summed E-state index contributed by atoms with van der Waals surface area (Å²) in [5.41, 5.74) is 1.72. The molecule has 2 unspecified atom stereocenters. The summed E-state index contributed by atoms with van der Waals surface area (Å²) in [6.45, 7) is 1.02. The number of piperidine rings is 1. The minimum Gasteiger partial charge on any atom is -0.311 e. The first-order chi connectivity index (χ1) is 13.5. The third kappa shape index (κ3) is 2.74. The minimum atomic E-state index is -0.661. The Bertz CT molecular complexity index is 945. The van der Waals surface area contributed by atoms with Crippen molar-refractivity contribution in [3.05, 3.63) is 48.0 Å². The average molecular weight is 384 g/mol. The Balaban J connectivity index is 1.20. The summed E-state index contributed by atoms with van der Waals surface area (Å²) in [5.74, 6) is -0.417. The van der Waals surface area contributed by atoms with E-state index in [1.54, 1.807) is 16.8 Å². The van der Waals surface area contributed by atoms with E-state index in [0.717, 1.165) is 11.4 Å². The van der Waals surface area contributed by atoms with Gasteiger partial charge in [0, 0.05) is 38.0 Å². The fourth-order valence-electron chi connectivity index (χ4n) is 4.16. The van der Waals surface area contributed by atoms with Crippen LogP contribution in [0.4, 0.5) is 9.18 Å². The smallest absolute Gasteiger partial charge is 0.311 e. The molecule has 0 radical (unpaired) electrons. The Morgan fingerprint density at radius 1 is 1.04 bits per heavy atom. The molecule has 2 aliphatic heterocycles. The molecule has 1 aromatic heterocycles. The van der Waals surface area contributed by atoms with Crippen LogP contribution in [0.1, 0.15) is 24.5 Å². The van der Waals surface area contributed by atoms with E-state index >= 15 is 0 Å². The summed E-state index contributed by atoms with van der Waals surface area (Å²) in [4.78, 5) is 41.8. The normalized spacial score (nSPS) is 26.0. The number of likely N-dealkylation sites (tertiary alicyclic amines) is 1. The number of nitrogens with zero attached hydrogens (tertiary/aromatic N) is 4. The molecule has 3 aliphatic rings. The van der Waals surface area contributed by atoms with E-state index in [0.29, 0.717) is 18.2 Å². The van der Waals surface area contributed by atoms with Crippen LogP contribution < -0.4 is 0 Å². The molecule has 0 N–H and O–H groups in total. The number of hydrogen-bond donors (Lipinski definition) is 0. The van der Waals surface area contributed by atoms with Gasteiger partial charge in [0.25, 0.3) is 11.8 Å². The summed E-state index contributed by atoms with van der Waals surface area (Å²) in [6, 6.07) is 8.05. The average Bonchev–Trinajstić information content (AvgIpc) is 3.10. The van der Waals surface area contributed by atoms with E-state index in [-0.39, 0.29) is 36.4 Å². The van der Waals surface area contributed by atoms with Crippen LogP contribution in [0.25, 0.3) is 5.69 Å². The van der Waals surface area contributed by atoms with Crippen molar-refractivity contribution in [3.63, 3.8) is 0 Å². The fraction of sp³-hybridized carbons (Fsp3) is 0.368. The quantitative estimate of drug-likeness (QED) is 0.754. The predicted molar refractivity (Wildman–Crippen MR) is 92.4 cm³/mol. The molecular weight excluding hydrogens is 367 g/mol. The number of aromatic nitrogens is 2. The summed E-state index contributed by atoms with van der Waals surface area (Å²) in [5, 5.41) is 5.17. The third-order valence-corrected chi connectivity index (χ3v) is 5.67. The zero-order chi connectivity index (χ0) is 19.4. The maximum Gasteiger partial charge on any atom is 0.434 e. The highest BCUT2D eigenvalue weighted by Crippen LogP contribution is 2.57. The van der Waals surface area contributed by atoms with Crippen molar-refractivity contribution in [1.29, 1.82) is 0 Å². The topological polar surface area (TPSA) is 84.7 Å². The van der Waals surface area contributed by atoms with Crippen LogP contribution in [0.15, 0.2) is 36.5 Å². The van der Waals surface area contributed by atoms with Gasteiger partial charge in [-0.25, -0.2) is 13.9 Å². The standard InChI is InChI=1S/C19H17FN4O4/c20-11-1-3-12(4-2-11)23-8-7-15(21-23)18-13-9-22(10-14(13)18)19(27)28-24-16(25)5-6-17(24)26/h1-4,7-8,13-14,18H,5-6,9-10H2. The Morgan fingerprint density at radius 2 is 1.68 bits per heavy atom. The number of imide groups is 1. The lowest BCUT2D eigenvalue weighted by Gasteiger charge is -2.21. The molecular formula is C19H17FN4O4. The molecule has 28 heavy (non-hydrogen) atoms. The van der Waals surface area contributed by atoms with Crippen molar-refractivity contribution in [3.8, 4) is 5.69 Å². The van der Waals surface area contributed by atoms with Gasteiger partial charge < -0.3 is 9.74 Å². The van der Waals surface area contributed by atoms with Crippen LogP contribution >= 0.6 is 0 Å². The van der Waals surface area contributed by atoms with Gasteiger partial charge in [-0.05, 0) is 42.2 Å². The van der Waals surface area contributed by atoms with Crippen molar-refractivity contribution in [2.75, 3.05) is 13.1 Å². The largest absolute Gasteiger partial charge is 0.434 e. The van der Waals surface area contributed by atoms with E-state index in [9.17, 15) is 18.8 Å². The van der Waals surface area contributed by atoms with Crippen LogP contribution in [-0.2, 0) is 14.4 Å². The molecule has 1 aliphatic carbocycles. The summed E-state index contributed by atoms with van der Waals surface area (Å²) in [7, 11) is 0. The fourth-order valence-corrected chi connectivity index (χ4v) is 4.16. The Kier molecular flexibility index (Phi) is 3.71. The molecule has 2 aromatic rings. The number of benzene rings is 1. The number of halogens is 1. The lowest BCUT2D eigenvalue weighted by molar-refractivity contribution is -0.173. The Labute approximate surface area is 159 Å². The van der Waals surface area contributed by atoms with Crippen LogP contribution in [0.5, 0.6) is 0 Å². The highest BCUT2D eigenvalue weighted by molar-refractivity contribution is 6.01. The molecule has 144 valence electrons. The lowest BCUT2D eigenvalue weighted by Crippen LogP contribution is -2.39. The van der Waals surface area contributed by atoms with Crippen molar-refractivity contribution < 1.29 is 23.6 Å². The van der Waals surface area contributed by atoms with Gasteiger partial charge in [0.05, 0.1) is 11.4 Å². The van der Waals surface area contributed by atoms with Gasteiger partial charge in [0.1, 0.15) is 5.82 Å². The van der Waals surface area contributed by atoms with E-state index in [2.05, 4.69) is 5.10 Å².